The fourth-order valence-corrected chi connectivity index (χ4v) is 3.15. The van der Waals surface area contributed by atoms with Crippen LogP contribution >= 0.6 is 0 Å². The van der Waals surface area contributed by atoms with Gasteiger partial charge in [-0.05, 0) is 36.4 Å². The standard InChI is InChI=1S/C13H10N2O3.C11H6F3NO3/c16-12(15-9-4-3-7-14-8-9)10-5-1-2-6-11(10)13(17)18;12-11(13,14)7-3-1-2-5-8(7)15-4-6(9(5)16)10(17)18/h1-8H,(H,15,16)(H,17,18);1-4H,(H,15,16)(H,17,18). The third-order valence-electron chi connectivity index (χ3n) is 4.77. The number of nitrogens with one attached hydrogen (secondary N) is 2. The van der Waals surface area contributed by atoms with Crippen LogP contribution in [0.4, 0.5) is 18.9 Å². The molecule has 0 aliphatic carbocycles. The molecular formula is C24H16F3N3O6. The Hall–Kier alpha value is -5.00. The Kier molecular flexibility index (Phi) is 7.48. The Labute approximate surface area is 199 Å². The second kappa shape index (κ2) is 10.5. The van der Waals surface area contributed by atoms with Crippen LogP contribution in [0.15, 0.2) is 78.0 Å². The normalized spacial score (nSPS) is 10.8. The number of alkyl halides is 3. The summed E-state index contributed by atoms with van der Waals surface area (Å²) in [5.74, 6) is -3.09. The molecule has 0 bridgehead atoms. The summed E-state index contributed by atoms with van der Waals surface area (Å²) in [6.07, 6.45) is -0.780. The van der Waals surface area contributed by atoms with Gasteiger partial charge in [0.15, 0.2) is 0 Å². The zero-order valence-corrected chi connectivity index (χ0v) is 18.0. The number of aromatic carboxylic acids is 2. The van der Waals surface area contributed by atoms with E-state index < -0.39 is 46.1 Å². The van der Waals surface area contributed by atoms with Gasteiger partial charge in [0.25, 0.3) is 5.91 Å². The molecule has 4 N–H and O–H groups in total. The number of hydrogen-bond donors (Lipinski definition) is 4. The van der Waals surface area contributed by atoms with E-state index in [1.54, 1.807) is 30.5 Å². The summed E-state index contributed by atoms with van der Waals surface area (Å²) >= 11 is 0. The molecule has 0 aliphatic heterocycles. The van der Waals surface area contributed by atoms with Crippen molar-refractivity contribution in [1.82, 2.24) is 9.97 Å². The molecule has 2 heterocycles. The van der Waals surface area contributed by atoms with Gasteiger partial charge in [-0.3, -0.25) is 14.6 Å². The highest BCUT2D eigenvalue weighted by Gasteiger charge is 2.33. The average molecular weight is 499 g/mol. The predicted molar refractivity (Wildman–Crippen MR) is 122 cm³/mol. The van der Waals surface area contributed by atoms with E-state index in [0.717, 1.165) is 24.4 Å². The monoisotopic (exact) mass is 499 g/mol. The van der Waals surface area contributed by atoms with Crippen molar-refractivity contribution in [3.05, 3.63) is 106 Å². The number of hydrogen-bond acceptors (Lipinski definition) is 5. The maximum Gasteiger partial charge on any atom is 0.418 e. The number of anilines is 1. The van der Waals surface area contributed by atoms with E-state index in [4.69, 9.17) is 10.2 Å². The van der Waals surface area contributed by atoms with Crippen molar-refractivity contribution in [2.75, 3.05) is 5.32 Å². The first-order valence-electron chi connectivity index (χ1n) is 9.99. The zero-order chi connectivity index (χ0) is 26.5. The molecule has 0 spiro atoms. The van der Waals surface area contributed by atoms with Gasteiger partial charge in [-0.25, -0.2) is 9.59 Å². The topological polar surface area (TPSA) is 149 Å². The van der Waals surface area contributed by atoms with Gasteiger partial charge in [0.1, 0.15) is 5.56 Å². The Bertz CT molecular complexity index is 1500. The minimum absolute atomic E-state index is 0.0288. The largest absolute Gasteiger partial charge is 0.478 e. The molecular weight excluding hydrogens is 483 g/mol. The van der Waals surface area contributed by atoms with E-state index in [9.17, 15) is 32.3 Å². The molecule has 2 aromatic heterocycles. The maximum absolute atomic E-state index is 12.7. The fraction of sp³-hybridized carbons (Fsp3) is 0.0417. The van der Waals surface area contributed by atoms with Crippen LogP contribution in [-0.4, -0.2) is 38.0 Å². The van der Waals surface area contributed by atoms with Gasteiger partial charge >= 0.3 is 18.1 Å². The van der Waals surface area contributed by atoms with Crippen LogP contribution in [0, 0.1) is 0 Å². The Balaban J connectivity index is 0.000000201. The van der Waals surface area contributed by atoms with Crippen molar-refractivity contribution >= 4 is 34.4 Å². The van der Waals surface area contributed by atoms with Gasteiger partial charge < -0.3 is 20.5 Å². The summed E-state index contributed by atoms with van der Waals surface area (Å²) in [6, 6.07) is 12.4. The molecule has 184 valence electrons. The molecule has 0 aliphatic rings. The smallest absolute Gasteiger partial charge is 0.418 e. The summed E-state index contributed by atoms with van der Waals surface area (Å²) in [6.45, 7) is 0. The maximum atomic E-state index is 12.7. The Morgan fingerprint density at radius 3 is 2.11 bits per heavy atom. The second-order valence-corrected chi connectivity index (χ2v) is 7.11. The summed E-state index contributed by atoms with van der Waals surface area (Å²) in [7, 11) is 0. The molecule has 4 rings (SSSR count). The fourth-order valence-electron chi connectivity index (χ4n) is 3.15. The minimum Gasteiger partial charge on any atom is -0.478 e. The molecule has 0 fully saturated rings. The minimum atomic E-state index is -4.62. The van der Waals surface area contributed by atoms with E-state index in [-0.39, 0.29) is 16.5 Å². The van der Waals surface area contributed by atoms with Gasteiger partial charge in [0.2, 0.25) is 5.43 Å². The number of halogens is 3. The van der Waals surface area contributed by atoms with Crippen molar-refractivity contribution < 1.29 is 37.8 Å². The van der Waals surface area contributed by atoms with Crippen LogP contribution in [0.5, 0.6) is 0 Å². The number of para-hydroxylation sites is 1. The van der Waals surface area contributed by atoms with Crippen LogP contribution in [0.2, 0.25) is 0 Å². The van der Waals surface area contributed by atoms with E-state index in [0.29, 0.717) is 5.69 Å². The third-order valence-corrected chi connectivity index (χ3v) is 4.77. The first-order chi connectivity index (χ1) is 17.0. The molecule has 0 unspecified atom stereocenters. The first kappa shape index (κ1) is 25.6. The van der Waals surface area contributed by atoms with Crippen LogP contribution in [0.3, 0.4) is 0 Å². The molecule has 0 atom stereocenters. The lowest BCUT2D eigenvalue weighted by atomic mass is 10.1. The predicted octanol–water partition coefficient (Wildman–Crippen LogP) is 4.28. The SMILES string of the molecule is O=C(O)c1c[nH]c2c(C(F)(F)F)cccc2c1=O.O=C(O)c1ccccc1C(=O)Nc1cccnc1. The van der Waals surface area contributed by atoms with Crippen molar-refractivity contribution in [2.24, 2.45) is 0 Å². The highest BCUT2D eigenvalue weighted by Crippen LogP contribution is 2.32. The number of amides is 1. The van der Waals surface area contributed by atoms with Gasteiger partial charge in [0.05, 0.1) is 34.1 Å². The highest BCUT2D eigenvalue weighted by atomic mass is 19.4. The number of nitrogens with zero attached hydrogens (tertiary/aromatic N) is 1. The molecule has 0 saturated heterocycles. The number of carbonyl (C=O) groups is 3. The number of aromatic amines is 1. The van der Waals surface area contributed by atoms with Gasteiger partial charge in [-0.2, -0.15) is 13.2 Å². The summed E-state index contributed by atoms with van der Waals surface area (Å²) in [4.78, 5) is 51.4. The molecule has 12 heteroatoms. The second-order valence-electron chi connectivity index (χ2n) is 7.11. The molecule has 9 nitrogen and oxygen atoms in total. The first-order valence-corrected chi connectivity index (χ1v) is 9.99. The number of carboxylic acids is 2. The molecule has 0 radical (unpaired) electrons. The summed E-state index contributed by atoms with van der Waals surface area (Å²) < 4.78 is 38.0. The number of aromatic nitrogens is 2. The van der Waals surface area contributed by atoms with Crippen LogP contribution in [-0.2, 0) is 6.18 Å². The molecule has 0 saturated carbocycles. The van der Waals surface area contributed by atoms with Gasteiger partial charge in [-0.15, -0.1) is 0 Å². The molecule has 2 aromatic carbocycles. The highest BCUT2D eigenvalue weighted by molar-refractivity contribution is 6.10. The quantitative estimate of drug-likeness (QED) is 0.327. The van der Waals surface area contributed by atoms with E-state index in [1.165, 1.54) is 18.3 Å². The lowest BCUT2D eigenvalue weighted by Crippen LogP contribution is -2.17. The zero-order valence-electron chi connectivity index (χ0n) is 18.0. The number of pyridine rings is 2. The lowest BCUT2D eigenvalue weighted by molar-refractivity contribution is -0.136. The Morgan fingerprint density at radius 1 is 0.861 bits per heavy atom. The Morgan fingerprint density at radius 2 is 1.53 bits per heavy atom. The van der Waals surface area contributed by atoms with Gasteiger partial charge in [0, 0.05) is 17.8 Å². The molecule has 4 aromatic rings. The van der Waals surface area contributed by atoms with E-state index >= 15 is 0 Å². The summed E-state index contributed by atoms with van der Waals surface area (Å²) in [5, 5.41) is 20.0. The number of benzene rings is 2. The number of carboxylic acid groups (broad SMARTS) is 2. The van der Waals surface area contributed by atoms with Crippen LogP contribution < -0.4 is 10.7 Å². The van der Waals surface area contributed by atoms with Crippen LogP contribution in [0.1, 0.15) is 36.6 Å². The van der Waals surface area contributed by atoms with Crippen molar-refractivity contribution in [1.29, 1.82) is 0 Å². The molecule has 1 amide bonds. The molecule has 36 heavy (non-hydrogen) atoms. The van der Waals surface area contributed by atoms with Crippen molar-refractivity contribution in [2.45, 2.75) is 6.18 Å². The number of rotatable bonds is 4. The number of carbonyl (C=O) groups excluding carboxylic acids is 1. The van der Waals surface area contributed by atoms with Gasteiger partial charge in [-0.1, -0.05) is 18.2 Å². The number of fused-ring (bicyclic) bond motifs is 1. The van der Waals surface area contributed by atoms with E-state index in [2.05, 4.69) is 15.3 Å². The van der Waals surface area contributed by atoms with Crippen molar-refractivity contribution in [3.63, 3.8) is 0 Å². The van der Waals surface area contributed by atoms with Crippen LogP contribution in [0.25, 0.3) is 10.9 Å². The third kappa shape index (κ3) is 5.73. The lowest BCUT2D eigenvalue weighted by Gasteiger charge is -2.09. The van der Waals surface area contributed by atoms with E-state index in [1.807, 2.05) is 0 Å². The van der Waals surface area contributed by atoms with Crippen molar-refractivity contribution in [3.8, 4) is 0 Å². The number of H-pyrrole nitrogens is 1. The summed E-state index contributed by atoms with van der Waals surface area (Å²) in [5.41, 5.74) is -2.35. The average Bonchev–Trinajstić information content (AvgIpc) is 2.84.